The van der Waals surface area contributed by atoms with Gasteiger partial charge in [-0.05, 0) is 36.5 Å². The third-order valence-corrected chi connectivity index (χ3v) is 3.86. The van der Waals surface area contributed by atoms with Gasteiger partial charge in [0.25, 0.3) is 0 Å². The molecule has 0 amide bonds. The fourth-order valence-corrected chi connectivity index (χ4v) is 2.57. The summed E-state index contributed by atoms with van der Waals surface area (Å²) in [5.74, 6) is 1.93. The van der Waals surface area contributed by atoms with Gasteiger partial charge in [-0.25, -0.2) is 0 Å². The highest BCUT2D eigenvalue weighted by atomic mass is 32.1. The Morgan fingerprint density at radius 2 is 2.32 bits per heavy atom. The van der Waals surface area contributed by atoms with Crippen LogP contribution < -0.4 is 5.32 Å². The number of hydrogen-bond donors (Lipinski definition) is 1. The fourth-order valence-electron chi connectivity index (χ4n) is 1.88. The Morgan fingerprint density at radius 3 is 3.05 bits per heavy atom. The van der Waals surface area contributed by atoms with E-state index in [4.69, 9.17) is 9.15 Å². The molecule has 0 spiro atoms. The first kappa shape index (κ1) is 14.3. The molecule has 3 nitrogen and oxygen atoms in total. The predicted octanol–water partition coefficient (Wildman–Crippen LogP) is 3.52. The van der Waals surface area contributed by atoms with Crippen molar-refractivity contribution in [2.24, 2.45) is 0 Å². The van der Waals surface area contributed by atoms with E-state index in [1.54, 1.807) is 11.3 Å². The monoisotopic (exact) mass is 279 g/mol. The average molecular weight is 279 g/mol. The van der Waals surface area contributed by atoms with Gasteiger partial charge in [-0.1, -0.05) is 13.0 Å². The van der Waals surface area contributed by atoms with Crippen LogP contribution in [-0.2, 0) is 24.3 Å². The smallest absolute Gasteiger partial charge is 0.130 e. The van der Waals surface area contributed by atoms with E-state index in [9.17, 15) is 0 Å². The molecular weight excluding hydrogens is 258 g/mol. The van der Waals surface area contributed by atoms with E-state index < -0.39 is 0 Å². The standard InChI is InChI=1S/C15H21NO2S/c1-3-16-10-15-12(2)9-13(18-15)11-17-7-6-14-5-4-8-19-14/h4-5,8-9,16H,3,6-7,10-11H2,1-2H3. The molecule has 0 fully saturated rings. The van der Waals surface area contributed by atoms with Crippen molar-refractivity contribution in [3.05, 3.63) is 45.5 Å². The maximum atomic E-state index is 5.77. The average Bonchev–Trinajstić information content (AvgIpc) is 3.02. The molecule has 4 heteroatoms. The van der Waals surface area contributed by atoms with Crippen LogP contribution in [0.3, 0.4) is 0 Å². The number of furan rings is 1. The number of hydrogen-bond acceptors (Lipinski definition) is 4. The highest BCUT2D eigenvalue weighted by molar-refractivity contribution is 7.09. The zero-order chi connectivity index (χ0) is 13.5. The second-order valence-electron chi connectivity index (χ2n) is 4.48. The lowest BCUT2D eigenvalue weighted by Crippen LogP contribution is -2.11. The van der Waals surface area contributed by atoms with Crippen molar-refractivity contribution in [3.63, 3.8) is 0 Å². The first-order valence-corrected chi connectivity index (χ1v) is 7.56. The zero-order valence-electron chi connectivity index (χ0n) is 11.6. The molecule has 2 aromatic heterocycles. The van der Waals surface area contributed by atoms with Gasteiger partial charge in [-0.15, -0.1) is 11.3 Å². The molecule has 0 aliphatic carbocycles. The van der Waals surface area contributed by atoms with E-state index in [-0.39, 0.29) is 0 Å². The normalized spacial score (nSPS) is 11.1. The van der Waals surface area contributed by atoms with Crippen LogP contribution in [-0.4, -0.2) is 13.2 Å². The minimum absolute atomic E-state index is 0.554. The number of nitrogens with one attached hydrogen (secondary N) is 1. The van der Waals surface area contributed by atoms with Gasteiger partial charge < -0.3 is 14.5 Å². The van der Waals surface area contributed by atoms with E-state index in [1.165, 1.54) is 10.4 Å². The molecule has 2 heterocycles. The maximum Gasteiger partial charge on any atom is 0.130 e. The number of thiophene rings is 1. The first-order valence-electron chi connectivity index (χ1n) is 6.68. The lowest BCUT2D eigenvalue weighted by molar-refractivity contribution is 0.108. The third-order valence-electron chi connectivity index (χ3n) is 2.92. The highest BCUT2D eigenvalue weighted by Crippen LogP contribution is 2.16. The van der Waals surface area contributed by atoms with Crippen LogP contribution in [0.25, 0.3) is 0 Å². The summed E-state index contributed by atoms with van der Waals surface area (Å²) in [6, 6.07) is 6.28. The molecule has 0 saturated carbocycles. The predicted molar refractivity (Wildman–Crippen MR) is 78.5 cm³/mol. The summed E-state index contributed by atoms with van der Waals surface area (Å²) in [5, 5.41) is 5.37. The topological polar surface area (TPSA) is 34.4 Å². The first-order chi connectivity index (χ1) is 9.29. The van der Waals surface area contributed by atoms with E-state index in [0.29, 0.717) is 6.61 Å². The van der Waals surface area contributed by atoms with E-state index >= 15 is 0 Å². The Bertz CT molecular complexity index is 476. The largest absolute Gasteiger partial charge is 0.462 e. The van der Waals surface area contributed by atoms with Crippen LogP contribution in [0.15, 0.2) is 28.0 Å². The summed E-state index contributed by atoms with van der Waals surface area (Å²) >= 11 is 1.77. The summed E-state index contributed by atoms with van der Waals surface area (Å²) in [5.41, 5.74) is 1.19. The highest BCUT2D eigenvalue weighted by Gasteiger charge is 2.07. The molecule has 2 rings (SSSR count). The number of aryl methyl sites for hydroxylation is 1. The van der Waals surface area contributed by atoms with Crippen LogP contribution in [0.4, 0.5) is 0 Å². The van der Waals surface area contributed by atoms with E-state index in [0.717, 1.165) is 37.6 Å². The van der Waals surface area contributed by atoms with Crippen molar-refractivity contribution < 1.29 is 9.15 Å². The lowest BCUT2D eigenvalue weighted by atomic mass is 10.2. The van der Waals surface area contributed by atoms with Crippen molar-refractivity contribution in [2.45, 2.75) is 33.4 Å². The van der Waals surface area contributed by atoms with Gasteiger partial charge >= 0.3 is 0 Å². The third kappa shape index (κ3) is 4.49. The maximum absolute atomic E-state index is 5.77. The summed E-state index contributed by atoms with van der Waals surface area (Å²) in [4.78, 5) is 1.36. The van der Waals surface area contributed by atoms with Gasteiger partial charge in [0, 0.05) is 11.3 Å². The Labute approximate surface area is 118 Å². The fraction of sp³-hybridized carbons (Fsp3) is 0.467. The van der Waals surface area contributed by atoms with E-state index in [2.05, 4.69) is 42.7 Å². The molecule has 0 aliphatic heterocycles. The Hall–Kier alpha value is -1.10. The molecule has 0 bridgehead atoms. The molecule has 19 heavy (non-hydrogen) atoms. The minimum Gasteiger partial charge on any atom is -0.462 e. The molecule has 0 unspecified atom stereocenters. The summed E-state index contributed by atoms with van der Waals surface area (Å²) in [6.45, 7) is 7.20. The quantitative estimate of drug-likeness (QED) is 0.751. The zero-order valence-corrected chi connectivity index (χ0v) is 12.4. The summed E-state index contributed by atoms with van der Waals surface area (Å²) in [7, 11) is 0. The van der Waals surface area contributed by atoms with Crippen LogP contribution in [0.5, 0.6) is 0 Å². The molecular formula is C15H21NO2S. The lowest BCUT2D eigenvalue weighted by Gasteiger charge is -2.01. The molecule has 0 atom stereocenters. The van der Waals surface area contributed by atoms with Gasteiger partial charge in [0.2, 0.25) is 0 Å². The van der Waals surface area contributed by atoms with Crippen LogP contribution >= 0.6 is 11.3 Å². The minimum atomic E-state index is 0.554. The number of rotatable bonds is 8. The van der Waals surface area contributed by atoms with Crippen molar-refractivity contribution >= 4 is 11.3 Å². The number of ether oxygens (including phenoxy) is 1. The molecule has 1 N–H and O–H groups in total. The Morgan fingerprint density at radius 1 is 1.42 bits per heavy atom. The SMILES string of the molecule is CCNCc1oc(COCCc2cccs2)cc1C. The Kier molecular flexibility index (Phi) is 5.63. The van der Waals surface area contributed by atoms with Gasteiger partial charge in [0.05, 0.1) is 13.2 Å². The van der Waals surface area contributed by atoms with Crippen LogP contribution in [0.1, 0.15) is 28.9 Å². The van der Waals surface area contributed by atoms with Crippen molar-refractivity contribution in [1.29, 1.82) is 0 Å². The molecule has 104 valence electrons. The molecule has 0 radical (unpaired) electrons. The molecule has 2 aromatic rings. The van der Waals surface area contributed by atoms with Crippen LogP contribution in [0, 0.1) is 6.92 Å². The molecule has 0 saturated heterocycles. The van der Waals surface area contributed by atoms with Gasteiger partial charge in [-0.3, -0.25) is 0 Å². The van der Waals surface area contributed by atoms with E-state index in [1.807, 2.05) is 0 Å². The summed E-state index contributed by atoms with van der Waals surface area (Å²) < 4.78 is 11.4. The molecule has 0 aromatic carbocycles. The van der Waals surface area contributed by atoms with Gasteiger partial charge in [0.1, 0.15) is 18.1 Å². The molecule has 0 aliphatic rings. The van der Waals surface area contributed by atoms with Crippen molar-refractivity contribution in [1.82, 2.24) is 5.32 Å². The second kappa shape index (κ2) is 7.48. The Balaban J connectivity index is 1.73. The van der Waals surface area contributed by atoms with Gasteiger partial charge in [0.15, 0.2) is 0 Å². The van der Waals surface area contributed by atoms with Gasteiger partial charge in [-0.2, -0.15) is 0 Å². The van der Waals surface area contributed by atoms with Crippen LogP contribution in [0.2, 0.25) is 0 Å². The van der Waals surface area contributed by atoms with Crippen molar-refractivity contribution in [2.75, 3.05) is 13.2 Å². The second-order valence-corrected chi connectivity index (χ2v) is 5.51. The van der Waals surface area contributed by atoms with Crippen molar-refractivity contribution in [3.8, 4) is 0 Å². The summed E-state index contributed by atoms with van der Waals surface area (Å²) in [6.07, 6.45) is 0.974.